The van der Waals surface area contributed by atoms with Crippen molar-refractivity contribution in [3.63, 3.8) is 0 Å². The summed E-state index contributed by atoms with van der Waals surface area (Å²) in [4.78, 5) is 0. The van der Waals surface area contributed by atoms with Crippen molar-refractivity contribution in [1.82, 2.24) is 0 Å². The molecule has 1 heteroatoms. The second kappa shape index (κ2) is 6.08. The lowest BCUT2D eigenvalue weighted by atomic mass is 9.92. The lowest BCUT2D eigenvalue weighted by Gasteiger charge is -2.26. The number of hydrogen-bond donors (Lipinski definition) is 0. The highest BCUT2D eigenvalue weighted by Crippen LogP contribution is 2.23. The second-order valence-corrected chi connectivity index (χ2v) is 3.20. The Morgan fingerprint density at radius 3 is 2.25 bits per heavy atom. The fourth-order valence-corrected chi connectivity index (χ4v) is 1.40. The van der Waals surface area contributed by atoms with E-state index >= 15 is 0 Å². The first-order valence-corrected chi connectivity index (χ1v) is 4.77. The minimum atomic E-state index is -0.287. The molecular formula is C11H20O. The molecule has 0 saturated heterocycles. The SMILES string of the molecule is C#CC(CCC)(CCCC)OC. The van der Waals surface area contributed by atoms with E-state index in [1.807, 2.05) is 0 Å². The molecule has 12 heavy (non-hydrogen) atoms. The van der Waals surface area contributed by atoms with Gasteiger partial charge in [-0.25, -0.2) is 0 Å². The maximum Gasteiger partial charge on any atom is 0.128 e. The largest absolute Gasteiger partial charge is 0.366 e. The van der Waals surface area contributed by atoms with Gasteiger partial charge in [0.1, 0.15) is 5.60 Å². The van der Waals surface area contributed by atoms with Gasteiger partial charge < -0.3 is 4.74 Å². The van der Waals surface area contributed by atoms with Gasteiger partial charge in [-0.2, -0.15) is 0 Å². The van der Waals surface area contributed by atoms with Crippen molar-refractivity contribution < 1.29 is 4.74 Å². The van der Waals surface area contributed by atoms with Crippen molar-refractivity contribution in [2.24, 2.45) is 0 Å². The van der Waals surface area contributed by atoms with E-state index in [0.717, 1.165) is 25.7 Å². The second-order valence-electron chi connectivity index (χ2n) is 3.20. The van der Waals surface area contributed by atoms with Crippen LogP contribution in [0, 0.1) is 12.3 Å². The molecule has 0 aromatic carbocycles. The molecule has 1 atom stereocenters. The molecule has 0 saturated carbocycles. The standard InChI is InChI=1S/C11H20O/c1-5-8-10-11(7-3,12-4)9-6-2/h3H,5-6,8-10H2,1-2,4H3. The van der Waals surface area contributed by atoms with E-state index in [1.165, 1.54) is 6.42 Å². The summed E-state index contributed by atoms with van der Waals surface area (Å²) in [5.41, 5.74) is -0.287. The van der Waals surface area contributed by atoms with Crippen LogP contribution in [0.25, 0.3) is 0 Å². The van der Waals surface area contributed by atoms with E-state index in [4.69, 9.17) is 11.2 Å². The molecule has 70 valence electrons. The van der Waals surface area contributed by atoms with E-state index in [0.29, 0.717) is 0 Å². The average molecular weight is 168 g/mol. The van der Waals surface area contributed by atoms with Gasteiger partial charge in [-0.1, -0.05) is 32.6 Å². The topological polar surface area (TPSA) is 9.23 Å². The summed E-state index contributed by atoms with van der Waals surface area (Å²) in [6.45, 7) is 4.31. The maximum atomic E-state index is 5.47. The lowest BCUT2D eigenvalue weighted by Crippen LogP contribution is -2.29. The molecule has 0 aliphatic carbocycles. The Kier molecular flexibility index (Phi) is 5.84. The molecule has 0 bridgehead atoms. The fourth-order valence-electron chi connectivity index (χ4n) is 1.40. The molecule has 0 aromatic rings. The third kappa shape index (κ3) is 3.28. The molecule has 1 nitrogen and oxygen atoms in total. The third-order valence-electron chi connectivity index (χ3n) is 2.24. The van der Waals surface area contributed by atoms with E-state index in [2.05, 4.69) is 19.8 Å². The molecule has 1 unspecified atom stereocenters. The Morgan fingerprint density at radius 1 is 1.25 bits per heavy atom. The van der Waals surface area contributed by atoms with Crippen LogP contribution in [0.2, 0.25) is 0 Å². The van der Waals surface area contributed by atoms with Crippen molar-refractivity contribution in [2.75, 3.05) is 7.11 Å². The summed E-state index contributed by atoms with van der Waals surface area (Å²) in [5.74, 6) is 2.78. The van der Waals surface area contributed by atoms with Gasteiger partial charge in [0.15, 0.2) is 0 Å². The van der Waals surface area contributed by atoms with E-state index in [1.54, 1.807) is 7.11 Å². The molecule has 0 amide bonds. The highest BCUT2D eigenvalue weighted by Gasteiger charge is 2.24. The van der Waals surface area contributed by atoms with Crippen molar-refractivity contribution in [3.8, 4) is 12.3 Å². The summed E-state index contributed by atoms with van der Waals surface area (Å²) in [6, 6.07) is 0. The number of methoxy groups -OCH3 is 1. The zero-order chi connectivity index (χ0) is 9.45. The van der Waals surface area contributed by atoms with Gasteiger partial charge in [0.05, 0.1) is 0 Å². The molecule has 0 radical (unpaired) electrons. The highest BCUT2D eigenvalue weighted by molar-refractivity contribution is 5.08. The Labute approximate surface area is 76.5 Å². The molecule has 0 heterocycles. The first kappa shape index (κ1) is 11.5. The molecule has 0 aromatic heterocycles. The number of unbranched alkanes of at least 4 members (excludes halogenated alkanes) is 1. The van der Waals surface area contributed by atoms with Crippen molar-refractivity contribution in [2.45, 2.75) is 51.6 Å². The van der Waals surface area contributed by atoms with Crippen molar-refractivity contribution in [3.05, 3.63) is 0 Å². The summed E-state index contributed by atoms with van der Waals surface area (Å²) >= 11 is 0. The van der Waals surface area contributed by atoms with Gasteiger partial charge in [0.25, 0.3) is 0 Å². The van der Waals surface area contributed by atoms with Crippen LogP contribution >= 0.6 is 0 Å². The fraction of sp³-hybridized carbons (Fsp3) is 0.818. The lowest BCUT2D eigenvalue weighted by molar-refractivity contribution is 0.0241. The molecule has 0 N–H and O–H groups in total. The minimum absolute atomic E-state index is 0.287. The van der Waals surface area contributed by atoms with Gasteiger partial charge in [-0.15, -0.1) is 6.42 Å². The van der Waals surface area contributed by atoms with Gasteiger partial charge in [-0.3, -0.25) is 0 Å². The summed E-state index contributed by atoms with van der Waals surface area (Å²) < 4.78 is 5.39. The molecular weight excluding hydrogens is 148 g/mol. The molecule has 0 rings (SSSR count). The van der Waals surface area contributed by atoms with Gasteiger partial charge >= 0.3 is 0 Å². The van der Waals surface area contributed by atoms with Crippen LogP contribution in [0.15, 0.2) is 0 Å². The Bertz CT molecular complexity index is 146. The minimum Gasteiger partial charge on any atom is -0.366 e. The van der Waals surface area contributed by atoms with Crippen molar-refractivity contribution >= 4 is 0 Å². The normalized spacial score (nSPS) is 15.2. The predicted molar refractivity (Wildman–Crippen MR) is 53.0 cm³/mol. The number of ether oxygens (including phenoxy) is 1. The van der Waals surface area contributed by atoms with Crippen LogP contribution < -0.4 is 0 Å². The van der Waals surface area contributed by atoms with Crippen molar-refractivity contribution in [1.29, 1.82) is 0 Å². The Hall–Kier alpha value is -0.480. The van der Waals surface area contributed by atoms with Gasteiger partial charge in [0.2, 0.25) is 0 Å². The van der Waals surface area contributed by atoms with Crippen LogP contribution in [-0.2, 0) is 4.74 Å². The van der Waals surface area contributed by atoms with Gasteiger partial charge in [0, 0.05) is 7.11 Å². The van der Waals surface area contributed by atoms with E-state index in [9.17, 15) is 0 Å². The average Bonchev–Trinajstić information content (AvgIpc) is 2.13. The highest BCUT2D eigenvalue weighted by atomic mass is 16.5. The zero-order valence-electron chi connectivity index (χ0n) is 8.52. The molecule has 0 fully saturated rings. The number of hydrogen-bond acceptors (Lipinski definition) is 1. The van der Waals surface area contributed by atoms with Crippen LogP contribution in [-0.4, -0.2) is 12.7 Å². The predicted octanol–water partition coefficient (Wildman–Crippen LogP) is 3.00. The summed E-state index contributed by atoms with van der Waals surface area (Å²) in [5, 5.41) is 0. The monoisotopic (exact) mass is 168 g/mol. The van der Waals surface area contributed by atoms with Crippen LogP contribution in [0.3, 0.4) is 0 Å². The maximum absolute atomic E-state index is 5.47. The number of terminal acetylenes is 1. The zero-order valence-corrected chi connectivity index (χ0v) is 8.52. The molecule has 0 spiro atoms. The van der Waals surface area contributed by atoms with E-state index < -0.39 is 0 Å². The number of rotatable bonds is 6. The molecule has 0 aliphatic rings. The van der Waals surface area contributed by atoms with Gasteiger partial charge in [-0.05, 0) is 19.3 Å². The Morgan fingerprint density at radius 2 is 1.92 bits per heavy atom. The molecule has 0 aliphatic heterocycles. The third-order valence-corrected chi connectivity index (χ3v) is 2.24. The van der Waals surface area contributed by atoms with Crippen LogP contribution in [0.1, 0.15) is 46.0 Å². The Balaban J connectivity index is 4.07. The first-order valence-electron chi connectivity index (χ1n) is 4.77. The van der Waals surface area contributed by atoms with Crippen LogP contribution in [0.4, 0.5) is 0 Å². The van der Waals surface area contributed by atoms with E-state index in [-0.39, 0.29) is 5.60 Å². The summed E-state index contributed by atoms with van der Waals surface area (Å²) in [6.07, 6.45) is 10.8. The first-order chi connectivity index (χ1) is 5.74. The quantitative estimate of drug-likeness (QED) is 0.554. The summed E-state index contributed by atoms with van der Waals surface area (Å²) in [7, 11) is 1.71. The van der Waals surface area contributed by atoms with Crippen LogP contribution in [0.5, 0.6) is 0 Å². The smallest absolute Gasteiger partial charge is 0.128 e.